The Morgan fingerprint density at radius 2 is 2.38 bits per heavy atom. The number of pyridine rings is 1. The summed E-state index contributed by atoms with van der Waals surface area (Å²) in [6.07, 6.45) is 6.17. The van der Waals surface area contributed by atoms with Crippen LogP contribution in [0.4, 0.5) is 0 Å². The van der Waals surface area contributed by atoms with Crippen molar-refractivity contribution in [3.8, 4) is 10.4 Å². The Morgan fingerprint density at radius 3 is 3.14 bits per heavy atom. The molecule has 1 aliphatic heterocycles. The number of hydrogen-bond donors (Lipinski definition) is 2. The molecule has 5 nitrogen and oxygen atoms in total. The Kier molecular flexibility index (Phi) is 2.71. The molecule has 0 unspecified atom stereocenters. The highest BCUT2D eigenvalue weighted by atomic mass is 32.1. The van der Waals surface area contributed by atoms with E-state index in [-0.39, 0.29) is 5.56 Å². The maximum Gasteiger partial charge on any atom is 0.266 e. The van der Waals surface area contributed by atoms with Gasteiger partial charge >= 0.3 is 0 Å². The maximum atomic E-state index is 12.4. The van der Waals surface area contributed by atoms with E-state index < -0.39 is 0 Å². The van der Waals surface area contributed by atoms with Crippen molar-refractivity contribution in [2.45, 2.75) is 20.0 Å². The summed E-state index contributed by atoms with van der Waals surface area (Å²) < 4.78 is 6.29. The van der Waals surface area contributed by atoms with Crippen molar-refractivity contribution in [3.05, 3.63) is 46.3 Å². The number of hydrogen-bond acceptors (Lipinski definition) is 4. The Balaban J connectivity index is 2.02. The molecule has 21 heavy (non-hydrogen) atoms. The molecule has 0 aromatic carbocycles. The number of ether oxygens (including phenoxy) is 1. The van der Waals surface area contributed by atoms with E-state index in [0.717, 1.165) is 43.8 Å². The van der Waals surface area contributed by atoms with Crippen LogP contribution in [0.1, 0.15) is 24.6 Å². The fraction of sp³-hybridized carbons (Fsp3) is 0.200. The molecular formula is C15H13N3O2S. The molecular weight excluding hydrogens is 286 g/mol. The van der Waals surface area contributed by atoms with Gasteiger partial charge in [0.1, 0.15) is 11.3 Å². The van der Waals surface area contributed by atoms with Gasteiger partial charge < -0.3 is 9.72 Å². The number of nitrogens with one attached hydrogen (secondary N) is 2. The third-order valence-corrected chi connectivity index (χ3v) is 4.92. The third kappa shape index (κ3) is 1.83. The number of aromatic nitrogens is 3. The van der Waals surface area contributed by atoms with Gasteiger partial charge in [-0.3, -0.25) is 9.89 Å². The first kappa shape index (κ1) is 12.4. The molecule has 0 amide bonds. The first-order chi connectivity index (χ1) is 10.3. The van der Waals surface area contributed by atoms with Crippen LogP contribution in [0.25, 0.3) is 26.1 Å². The molecule has 4 rings (SSSR count). The summed E-state index contributed by atoms with van der Waals surface area (Å²) in [7, 11) is 0. The van der Waals surface area contributed by atoms with Gasteiger partial charge in [-0.05, 0) is 12.5 Å². The lowest BCUT2D eigenvalue weighted by molar-refractivity contribution is 0.232. The number of thiophene rings is 1. The minimum atomic E-state index is -0.0373. The molecule has 2 N–H and O–H groups in total. The molecule has 3 aromatic heterocycles. The Labute approximate surface area is 124 Å². The topological polar surface area (TPSA) is 70.8 Å². The minimum absolute atomic E-state index is 0.0373. The SMILES string of the molecule is CCC1=COCc2c1[nH]c(=O)c1sc(-c3cn[nH]c3)cc21. The summed E-state index contributed by atoms with van der Waals surface area (Å²) in [6, 6.07) is 2.06. The number of H-pyrrole nitrogens is 2. The molecule has 106 valence electrons. The number of rotatable bonds is 2. The van der Waals surface area contributed by atoms with Gasteiger partial charge in [-0.15, -0.1) is 11.3 Å². The molecule has 3 aromatic rings. The largest absolute Gasteiger partial charge is 0.496 e. The van der Waals surface area contributed by atoms with Gasteiger partial charge in [-0.25, -0.2) is 0 Å². The molecule has 0 radical (unpaired) electrons. The Morgan fingerprint density at radius 1 is 1.48 bits per heavy atom. The van der Waals surface area contributed by atoms with Crippen LogP contribution in [0, 0.1) is 0 Å². The van der Waals surface area contributed by atoms with Crippen LogP contribution in [0.5, 0.6) is 0 Å². The molecule has 0 fully saturated rings. The van der Waals surface area contributed by atoms with Crippen molar-refractivity contribution in [3.63, 3.8) is 0 Å². The van der Waals surface area contributed by atoms with E-state index in [1.807, 2.05) is 6.20 Å². The molecule has 4 heterocycles. The van der Waals surface area contributed by atoms with Gasteiger partial charge in [-0.2, -0.15) is 5.10 Å². The summed E-state index contributed by atoms with van der Waals surface area (Å²) >= 11 is 1.48. The van der Waals surface area contributed by atoms with Crippen LogP contribution >= 0.6 is 11.3 Å². The second-order valence-corrected chi connectivity index (χ2v) is 6.01. The molecule has 0 spiro atoms. The van der Waals surface area contributed by atoms with Crippen molar-refractivity contribution in [1.82, 2.24) is 15.2 Å². The molecule has 0 aliphatic carbocycles. The first-order valence-electron chi connectivity index (χ1n) is 6.76. The minimum Gasteiger partial charge on any atom is -0.496 e. The highest BCUT2D eigenvalue weighted by Crippen LogP contribution is 2.36. The third-order valence-electron chi connectivity index (χ3n) is 3.74. The first-order valence-corrected chi connectivity index (χ1v) is 7.58. The van der Waals surface area contributed by atoms with Gasteiger partial charge in [0.25, 0.3) is 5.56 Å². The smallest absolute Gasteiger partial charge is 0.266 e. The van der Waals surface area contributed by atoms with Crippen LogP contribution in [-0.2, 0) is 11.3 Å². The molecule has 0 atom stereocenters. The lowest BCUT2D eigenvalue weighted by atomic mass is 10.0. The molecule has 6 heteroatoms. The summed E-state index contributed by atoms with van der Waals surface area (Å²) in [5.74, 6) is 0. The zero-order valence-corrected chi connectivity index (χ0v) is 12.2. The summed E-state index contributed by atoms with van der Waals surface area (Å²) in [6.45, 7) is 2.55. The quantitative estimate of drug-likeness (QED) is 0.763. The number of nitrogens with zero attached hydrogens (tertiary/aromatic N) is 1. The Bertz CT molecular complexity index is 903. The lowest BCUT2D eigenvalue weighted by Crippen LogP contribution is -2.14. The van der Waals surface area contributed by atoms with Crippen molar-refractivity contribution in [2.24, 2.45) is 0 Å². The number of allylic oxidation sites excluding steroid dienone is 1. The van der Waals surface area contributed by atoms with Crippen molar-refractivity contribution in [1.29, 1.82) is 0 Å². The average Bonchev–Trinajstić information content (AvgIpc) is 3.16. The summed E-state index contributed by atoms with van der Waals surface area (Å²) in [4.78, 5) is 16.4. The second-order valence-electron chi connectivity index (χ2n) is 4.96. The van der Waals surface area contributed by atoms with E-state index in [1.54, 1.807) is 12.5 Å². The highest BCUT2D eigenvalue weighted by molar-refractivity contribution is 7.22. The monoisotopic (exact) mass is 299 g/mol. The van der Waals surface area contributed by atoms with Gasteiger partial charge in [0.2, 0.25) is 0 Å². The molecule has 0 saturated carbocycles. The predicted molar refractivity (Wildman–Crippen MR) is 83.1 cm³/mol. The zero-order valence-electron chi connectivity index (χ0n) is 11.4. The standard InChI is InChI=1S/C15H13N3O2S/c1-2-8-6-20-7-11-10-3-12(9-4-16-17-5-9)21-14(10)15(19)18-13(8)11/h3-6H,2,7H2,1H3,(H,16,17)(H,18,19). The molecule has 0 saturated heterocycles. The van der Waals surface area contributed by atoms with Gasteiger partial charge in [-0.1, -0.05) is 6.92 Å². The normalized spacial score (nSPS) is 13.9. The van der Waals surface area contributed by atoms with Gasteiger partial charge in [0.15, 0.2) is 0 Å². The summed E-state index contributed by atoms with van der Waals surface area (Å²) in [5.41, 5.74) is 3.97. The predicted octanol–water partition coefficient (Wildman–Crippen LogP) is 3.26. The van der Waals surface area contributed by atoms with Crippen LogP contribution in [0.3, 0.4) is 0 Å². The van der Waals surface area contributed by atoms with Crippen molar-refractivity contribution < 1.29 is 4.74 Å². The van der Waals surface area contributed by atoms with Crippen LogP contribution in [0.2, 0.25) is 0 Å². The van der Waals surface area contributed by atoms with Crippen LogP contribution < -0.4 is 5.56 Å². The second kappa shape index (κ2) is 4.60. The van der Waals surface area contributed by atoms with E-state index in [1.165, 1.54) is 11.3 Å². The zero-order chi connectivity index (χ0) is 14.4. The van der Waals surface area contributed by atoms with Crippen LogP contribution in [0.15, 0.2) is 29.5 Å². The van der Waals surface area contributed by atoms with E-state index in [9.17, 15) is 4.79 Å². The molecule has 0 bridgehead atoms. The molecule has 1 aliphatic rings. The Hall–Kier alpha value is -2.34. The average molecular weight is 299 g/mol. The summed E-state index contributed by atoms with van der Waals surface area (Å²) in [5, 5.41) is 7.75. The fourth-order valence-electron chi connectivity index (χ4n) is 2.66. The fourth-order valence-corrected chi connectivity index (χ4v) is 3.72. The van der Waals surface area contributed by atoms with Crippen LogP contribution in [-0.4, -0.2) is 15.2 Å². The van der Waals surface area contributed by atoms with E-state index >= 15 is 0 Å². The van der Waals surface area contributed by atoms with Crippen molar-refractivity contribution in [2.75, 3.05) is 0 Å². The number of fused-ring (bicyclic) bond motifs is 3. The van der Waals surface area contributed by atoms with Crippen molar-refractivity contribution >= 4 is 27.0 Å². The van der Waals surface area contributed by atoms with Gasteiger partial charge in [0.05, 0.1) is 18.2 Å². The van der Waals surface area contributed by atoms with E-state index in [0.29, 0.717) is 6.61 Å². The van der Waals surface area contributed by atoms with E-state index in [2.05, 4.69) is 28.2 Å². The highest BCUT2D eigenvalue weighted by Gasteiger charge is 2.20. The van der Waals surface area contributed by atoms with E-state index in [4.69, 9.17) is 4.74 Å². The maximum absolute atomic E-state index is 12.4. The lowest BCUT2D eigenvalue weighted by Gasteiger charge is -2.17. The van der Waals surface area contributed by atoms with Gasteiger partial charge in [0, 0.05) is 33.2 Å². The number of aromatic amines is 2.